The van der Waals surface area contributed by atoms with Gasteiger partial charge >= 0.3 is 0 Å². The van der Waals surface area contributed by atoms with Crippen LogP contribution in [-0.4, -0.2) is 19.8 Å². The van der Waals surface area contributed by atoms with Crippen molar-refractivity contribution in [2.24, 2.45) is 5.92 Å². The molecule has 2 nitrogen and oxygen atoms in total. The smallest absolute Gasteiger partial charge is 0.147 e. The summed E-state index contributed by atoms with van der Waals surface area (Å²) in [4.78, 5) is 0. The Bertz CT molecular complexity index is 443. The first-order valence-corrected chi connectivity index (χ1v) is 7.14. The van der Waals surface area contributed by atoms with Gasteiger partial charge in [-0.25, -0.2) is 4.39 Å². The number of hydrogen-bond donors (Lipinski definition) is 1. The lowest BCUT2D eigenvalue weighted by atomic mass is 9.91. The van der Waals surface area contributed by atoms with E-state index >= 15 is 0 Å². The second-order valence-corrected chi connectivity index (χ2v) is 5.90. The van der Waals surface area contributed by atoms with Crippen LogP contribution in [0.4, 0.5) is 4.39 Å². The third-order valence-electron chi connectivity index (χ3n) is 3.41. The van der Waals surface area contributed by atoms with Crippen molar-refractivity contribution in [1.29, 1.82) is 0 Å². The minimum absolute atomic E-state index is 0.0689. The van der Waals surface area contributed by atoms with Crippen molar-refractivity contribution >= 4 is 27.5 Å². The Balaban J connectivity index is 2.30. The molecule has 5 heteroatoms. The summed E-state index contributed by atoms with van der Waals surface area (Å²) in [6.07, 6.45) is 1.17. The lowest BCUT2D eigenvalue weighted by Gasteiger charge is -2.23. The van der Waals surface area contributed by atoms with E-state index in [0.29, 0.717) is 16.6 Å². The summed E-state index contributed by atoms with van der Waals surface area (Å²) in [5, 5.41) is 3.31. The molecular formula is C13H16BrClFNO. The maximum absolute atomic E-state index is 14.2. The Hall–Kier alpha value is -0.160. The van der Waals surface area contributed by atoms with Crippen LogP contribution in [0.1, 0.15) is 24.9 Å². The highest BCUT2D eigenvalue weighted by atomic mass is 79.9. The Morgan fingerprint density at radius 3 is 2.83 bits per heavy atom. The molecular weight excluding hydrogens is 321 g/mol. The molecule has 3 atom stereocenters. The molecule has 2 rings (SSSR count). The fraction of sp³-hybridized carbons (Fsp3) is 0.538. The Morgan fingerprint density at radius 1 is 1.56 bits per heavy atom. The molecule has 0 spiro atoms. The molecule has 3 unspecified atom stereocenters. The largest absolute Gasteiger partial charge is 0.378 e. The normalized spacial score (nSPS) is 25.4. The molecule has 1 fully saturated rings. The Labute approximate surface area is 120 Å². The maximum Gasteiger partial charge on any atom is 0.147 e. The van der Waals surface area contributed by atoms with Crippen LogP contribution in [0.5, 0.6) is 0 Å². The average molecular weight is 337 g/mol. The quantitative estimate of drug-likeness (QED) is 0.845. The molecule has 0 radical (unpaired) electrons. The first-order chi connectivity index (χ1) is 8.54. The van der Waals surface area contributed by atoms with Gasteiger partial charge in [-0.3, -0.25) is 0 Å². The summed E-state index contributed by atoms with van der Waals surface area (Å²) in [6.45, 7) is 2.69. The number of nitrogens with one attached hydrogen (secondary N) is 1. The second kappa shape index (κ2) is 5.87. The van der Waals surface area contributed by atoms with Gasteiger partial charge in [-0.15, -0.1) is 0 Å². The van der Waals surface area contributed by atoms with E-state index in [9.17, 15) is 4.39 Å². The van der Waals surface area contributed by atoms with Gasteiger partial charge in [0.05, 0.1) is 17.7 Å². The fourth-order valence-corrected chi connectivity index (χ4v) is 2.99. The lowest BCUT2D eigenvalue weighted by molar-refractivity contribution is 0.117. The van der Waals surface area contributed by atoms with Crippen LogP contribution in [0.15, 0.2) is 16.6 Å². The summed E-state index contributed by atoms with van der Waals surface area (Å²) in [5.74, 6) is -0.0818. The Kier molecular flexibility index (Phi) is 4.64. The van der Waals surface area contributed by atoms with Gasteiger partial charge in [0.25, 0.3) is 0 Å². The van der Waals surface area contributed by atoms with Crippen LogP contribution in [0.25, 0.3) is 0 Å². The monoisotopic (exact) mass is 335 g/mol. The zero-order chi connectivity index (χ0) is 13.3. The molecule has 1 aromatic carbocycles. The van der Waals surface area contributed by atoms with Gasteiger partial charge in [-0.1, -0.05) is 17.7 Å². The molecule has 0 aliphatic carbocycles. The molecule has 1 heterocycles. The molecule has 0 bridgehead atoms. The Morgan fingerprint density at radius 2 is 2.28 bits per heavy atom. The summed E-state index contributed by atoms with van der Waals surface area (Å²) in [7, 11) is 1.84. The highest BCUT2D eigenvalue weighted by Gasteiger charge is 2.31. The van der Waals surface area contributed by atoms with Crippen LogP contribution < -0.4 is 5.32 Å². The molecule has 0 amide bonds. The van der Waals surface area contributed by atoms with Crippen molar-refractivity contribution in [2.45, 2.75) is 25.5 Å². The van der Waals surface area contributed by atoms with Crippen molar-refractivity contribution in [3.8, 4) is 0 Å². The SMILES string of the molecule is CNC(c1ccc(Br)c(Cl)c1F)C1COC(C)C1. The summed E-state index contributed by atoms with van der Waals surface area (Å²) >= 11 is 9.17. The third kappa shape index (κ3) is 2.72. The van der Waals surface area contributed by atoms with Crippen LogP contribution in [0, 0.1) is 11.7 Å². The first-order valence-electron chi connectivity index (χ1n) is 5.96. The molecule has 0 aromatic heterocycles. The molecule has 1 saturated heterocycles. The summed E-state index contributed by atoms with van der Waals surface area (Å²) < 4.78 is 20.3. The van der Waals surface area contributed by atoms with E-state index < -0.39 is 0 Å². The van der Waals surface area contributed by atoms with Crippen molar-refractivity contribution in [3.05, 3.63) is 33.0 Å². The van der Waals surface area contributed by atoms with E-state index in [0.717, 1.165) is 6.42 Å². The highest BCUT2D eigenvalue weighted by molar-refractivity contribution is 9.10. The minimum Gasteiger partial charge on any atom is -0.378 e. The van der Waals surface area contributed by atoms with Gasteiger partial charge in [0.1, 0.15) is 5.82 Å². The van der Waals surface area contributed by atoms with Gasteiger partial charge < -0.3 is 10.1 Å². The third-order valence-corrected chi connectivity index (χ3v) is 4.67. The number of ether oxygens (including phenoxy) is 1. The topological polar surface area (TPSA) is 21.3 Å². The molecule has 1 aliphatic heterocycles. The molecule has 0 saturated carbocycles. The highest BCUT2D eigenvalue weighted by Crippen LogP contribution is 2.36. The van der Waals surface area contributed by atoms with E-state index in [1.54, 1.807) is 12.1 Å². The van der Waals surface area contributed by atoms with Gasteiger partial charge in [0, 0.05) is 22.0 Å². The summed E-state index contributed by atoms with van der Waals surface area (Å²) in [5.41, 5.74) is 0.605. The number of benzene rings is 1. The maximum atomic E-state index is 14.2. The standard InChI is InChI=1S/C13H16BrClFNO/c1-7-5-8(6-18-7)13(17-2)9-3-4-10(14)11(15)12(9)16/h3-4,7-8,13,17H,5-6H2,1-2H3. The van der Waals surface area contributed by atoms with E-state index in [1.165, 1.54) is 0 Å². The molecule has 100 valence electrons. The second-order valence-electron chi connectivity index (χ2n) is 4.67. The molecule has 1 aromatic rings. The van der Waals surface area contributed by atoms with Gasteiger partial charge in [-0.05, 0) is 42.4 Å². The average Bonchev–Trinajstić information content (AvgIpc) is 2.77. The number of hydrogen-bond acceptors (Lipinski definition) is 2. The molecule has 18 heavy (non-hydrogen) atoms. The van der Waals surface area contributed by atoms with Gasteiger partial charge in [-0.2, -0.15) is 0 Å². The zero-order valence-corrected chi connectivity index (χ0v) is 12.7. The van der Waals surface area contributed by atoms with Crippen molar-refractivity contribution < 1.29 is 9.13 Å². The van der Waals surface area contributed by atoms with Crippen molar-refractivity contribution in [3.63, 3.8) is 0 Å². The van der Waals surface area contributed by atoms with Crippen LogP contribution in [0.2, 0.25) is 5.02 Å². The van der Waals surface area contributed by atoms with E-state index in [-0.39, 0.29) is 28.9 Å². The van der Waals surface area contributed by atoms with Crippen molar-refractivity contribution in [1.82, 2.24) is 5.32 Å². The summed E-state index contributed by atoms with van der Waals surface area (Å²) in [6, 6.07) is 3.49. The number of halogens is 3. The number of rotatable bonds is 3. The van der Waals surface area contributed by atoms with Crippen LogP contribution >= 0.6 is 27.5 Å². The molecule has 1 N–H and O–H groups in total. The van der Waals surface area contributed by atoms with Gasteiger partial charge in [0.2, 0.25) is 0 Å². The van der Waals surface area contributed by atoms with Crippen molar-refractivity contribution in [2.75, 3.05) is 13.7 Å². The lowest BCUT2D eigenvalue weighted by Crippen LogP contribution is -2.26. The first kappa shape index (κ1) is 14.3. The molecule has 1 aliphatic rings. The van der Waals surface area contributed by atoms with E-state index in [2.05, 4.69) is 21.2 Å². The van der Waals surface area contributed by atoms with Crippen LogP contribution in [0.3, 0.4) is 0 Å². The van der Waals surface area contributed by atoms with E-state index in [1.807, 2.05) is 14.0 Å². The van der Waals surface area contributed by atoms with E-state index in [4.69, 9.17) is 16.3 Å². The van der Waals surface area contributed by atoms with Gasteiger partial charge in [0.15, 0.2) is 0 Å². The van der Waals surface area contributed by atoms with Crippen LogP contribution in [-0.2, 0) is 4.74 Å². The minimum atomic E-state index is -0.357. The predicted octanol–water partition coefficient (Wildman–Crippen LogP) is 3.93. The predicted molar refractivity (Wildman–Crippen MR) is 74.4 cm³/mol. The zero-order valence-electron chi connectivity index (χ0n) is 10.3. The fourth-order valence-electron chi connectivity index (χ4n) is 2.51.